The van der Waals surface area contributed by atoms with Crippen molar-refractivity contribution in [1.29, 1.82) is 0 Å². The minimum Gasteiger partial charge on any atom is -0.506 e. The van der Waals surface area contributed by atoms with Gasteiger partial charge in [0, 0.05) is 11.4 Å². The first-order chi connectivity index (χ1) is 19.0. The van der Waals surface area contributed by atoms with Crippen LogP contribution >= 0.6 is 0 Å². The van der Waals surface area contributed by atoms with Gasteiger partial charge in [0.1, 0.15) is 15.6 Å². The number of anilines is 2. The molecule has 10 nitrogen and oxygen atoms in total. The smallest absolute Gasteiger partial charge is 0.506 e. The number of phenolic OH excluding ortho intramolecular Hbond substituents is 1. The van der Waals surface area contributed by atoms with Crippen molar-refractivity contribution in [3.63, 3.8) is 0 Å². The van der Waals surface area contributed by atoms with Crippen molar-refractivity contribution in [1.82, 2.24) is 0 Å². The molecule has 7 N–H and O–H groups in total. The molecule has 0 heterocycles. The molecule has 0 spiro atoms. The van der Waals surface area contributed by atoms with Gasteiger partial charge in [-0.15, -0.1) is 0 Å². The standard InChI is InChI=1S/C29H29N3O7S2.Na/c1-15-9-20(10-16(2)28(15)30)27(21-11-17(3)29(31)18(4)12-21)19-5-7-23(25(13-19)40(34,35)36)32-22-6-8-24(33)26(14-22)41(37,38)39;/h5-14,33H,30-31H2,1-4H3,(H,34,35,36)(H,37,38,39);/q;+1. The van der Waals surface area contributed by atoms with Crippen LogP contribution in [0.4, 0.5) is 17.1 Å². The Labute approximate surface area is 267 Å². The third kappa shape index (κ3) is 6.87. The molecular formula is C29H29N3NaO7S2+. The molecule has 0 saturated carbocycles. The normalized spacial score (nSPS) is 14.5. The molecule has 1 aliphatic rings. The predicted octanol–water partition coefficient (Wildman–Crippen LogP) is 1.96. The second kappa shape index (κ2) is 12.2. The molecule has 3 aromatic carbocycles. The van der Waals surface area contributed by atoms with Crippen LogP contribution in [0.2, 0.25) is 0 Å². The average molecular weight is 619 g/mol. The van der Waals surface area contributed by atoms with Crippen LogP contribution in [0.3, 0.4) is 0 Å². The van der Waals surface area contributed by atoms with Crippen LogP contribution in [0.15, 0.2) is 81.1 Å². The molecule has 3 aromatic rings. The summed E-state index contributed by atoms with van der Waals surface area (Å²) in [5.74, 6) is -0.709. The Kier molecular flexibility index (Phi) is 9.64. The number of nitrogens with zero attached hydrogens (tertiary/aromatic N) is 1. The van der Waals surface area contributed by atoms with Crippen LogP contribution in [0.1, 0.15) is 33.4 Å². The number of hydrogen-bond donors (Lipinski definition) is 5. The maximum Gasteiger partial charge on any atom is 1.00 e. The maximum absolute atomic E-state index is 12.6. The van der Waals surface area contributed by atoms with E-state index in [0.29, 0.717) is 22.5 Å². The summed E-state index contributed by atoms with van der Waals surface area (Å²) in [5.41, 5.74) is 19.2. The number of allylic oxidation sites excluding steroid dienone is 5. The summed E-state index contributed by atoms with van der Waals surface area (Å²) < 4.78 is 67.9. The van der Waals surface area contributed by atoms with E-state index in [2.05, 4.69) is 4.99 Å². The predicted molar refractivity (Wildman–Crippen MR) is 160 cm³/mol. The quantitative estimate of drug-likeness (QED) is 0.161. The monoisotopic (exact) mass is 618 g/mol. The van der Waals surface area contributed by atoms with Crippen LogP contribution in [0, 0.1) is 27.7 Å². The fourth-order valence-corrected chi connectivity index (χ4v) is 5.88. The number of benzene rings is 3. The molecule has 0 amide bonds. The molecule has 0 unspecified atom stereocenters. The van der Waals surface area contributed by atoms with Crippen molar-refractivity contribution in [2.75, 3.05) is 11.5 Å². The van der Waals surface area contributed by atoms with Crippen molar-refractivity contribution < 1.29 is 60.6 Å². The number of rotatable bonds is 5. The SMILES string of the molecule is Cc1cc(C(=C2C=CC(=Nc3ccc(O)c(S(=O)(=O)O)c3)C(S(=O)(=O)O)=C2)c2cc(C)c(N)c(C)c2)cc(C)c1N.[Na+]. The van der Waals surface area contributed by atoms with E-state index in [1.165, 1.54) is 18.2 Å². The number of hydrogen-bond acceptors (Lipinski definition) is 8. The molecule has 4 rings (SSSR count). The largest absolute Gasteiger partial charge is 1.00 e. The Bertz CT molecular complexity index is 1850. The second-order valence-electron chi connectivity index (χ2n) is 9.82. The Balaban J connectivity index is 0.00000484. The Morgan fingerprint density at radius 3 is 1.64 bits per heavy atom. The molecular weight excluding hydrogens is 589 g/mol. The van der Waals surface area contributed by atoms with E-state index >= 15 is 0 Å². The van der Waals surface area contributed by atoms with E-state index in [9.17, 15) is 31.0 Å². The van der Waals surface area contributed by atoms with Crippen LogP contribution in [-0.2, 0) is 20.2 Å². The van der Waals surface area contributed by atoms with Gasteiger partial charge in [-0.1, -0.05) is 6.08 Å². The van der Waals surface area contributed by atoms with Gasteiger partial charge in [-0.25, -0.2) is 4.99 Å². The third-order valence-electron chi connectivity index (χ3n) is 6.76. The van der Waals surface area contributed by atoms with Gasteiger partial charge in [-0.2, -0.15) is 16.8 Å². The molecule has 42 heavy (non-hydrogen) atoms. The zero-order valence-corrected chi connectivity index (χ0v) is 27.3. The van der Waals surface area contributed by atoms with E-state index in [-0.39, 0.29) is 41.0 Å². The number of aromatic hydroxyl groups is 1. The number of aryl methyl sites for hydroxylation is 4. The van der Waals surface area contributed by atoms with Gasteiger partial charge in [-0.05, 0) is 127 Å². The van der Waals surface area contributed by atoms with Gasteiger partial charge < -0.3 is 16.6 Å². The molecule has 0 aromatic heterocycles. The Hall–Kier alpha value is -3.23. The number of phenols is 1. The summed E-state index contributed by atoms with van der Waals surface area (Å²) in [4.78, 5) is 2.84. The minimum absolute atomic E-state index is 0. The summed E-state index contributed by atoms with van der Waals surface area (Å²) in [7, 11) is -9.62. The second-order valence-corrected chi connectivity index (χ2v) is 12.6. The Morgan fingerprint density at radius 2 is 1.21 bits per heavy atom. The number of nitrogens with two attached hydrogens (primary N) is 2. The van der Waals surface area contributed by atoms with Crippen LogP contribution in [0.25, 0.3) is 5.57 Å². The van der Waals surface area contributed by atoms with E-state index in [1.807, 2.05) is 52.0 Å². The molecule has 0 atom stereocenters. The zero-order valence-electron chi connectivity index (χ0n) is 23.7. The van der Waals surface area contributed by atoms with Gasteiger partial charge in [0.15, 0.2) is 0 Å². The topological polar surface area (TPSA) is 193 Å². The van der Waals surface area contributed by atoms with Gasteiger partial charge in [0.2, 0.25) is 0 Å². The van der Waals surface area contributed by atoms with Crippen molar-refractivity contribution in [3.05, 3.63) is 105 Å². The molecule has 0 saturated heterocycles. The fraction of sp³-hybridized carbons (Fsp3) is 0.138. The van der Waals surface area contributed by atoms with Crippen LogP contribution in [0.5, 0.6) is 5.75 Å². The van der Waals surface area contributed by atoms with Crippen LogP contribution in [-0.4, -0.2) is 36.8 Å². The average Bonchev–Trinajstić information content (AvgIpc) is 2.86. The van der Waals surface area contributed by atoms with E-state index in [0.717, 1.165) is 45.5 Å². The summed E-state index contributed by atoms with van der Waals surface area (Å²) in [5, 5.41) is 9.81. The van der Waals surface area contributed by atoms with Crippen molar-refractivity contribution >= 4 is 48.6 Å². The zero-order chi connectivity index (χ0) is 30.4. The fourth-order valence-electron chi connectivity index (χ4n) is 4.62. The maximum atomic E-state index is 12.6. The third-order valence-corrected chi connectivity index (χ3v) is 8.53. The van der Waals surface area contributed by atoms with E-state index in [1.54, 1.807) is 6.08 Å². The molecule has 0 fully saturated rings. The number of nitrogen functional groups attached to an aromatic ring is 2. The molecule has 1 aliphatic carbocycles. The summed E-state index contributed by atoms with van der Waals surface area (Å²) >= 11 is 0. The van der Waals surface area contributed by atoms with Crippen molar-refractivity contribution in [3.8, 4) is 5.75 Å². The molecule has 214 valence electrons. The summed E-state index contributed by atoms with van der Waals surface area (Å²) in [6.45, 7) is 7.47. The molecule has 0 aliphatic heterocycles. The van der Waals surface area contributed by atoms with Crippen LogP contribution < -0.4 is 41.0 Å². The first kappa shape index (κ1) is 33.3. The molecule has 0 radical (unpaired) electrons. The van der Waals surface area contributed by atoms with Gasteiger partial charge >= 0.3 is 29.6 Å². The van der Waals surface area contributed by atoms with Crippen molar-refractivity contribution in [2.45, 2.75) is 32.6 Å². The van der Waals surface area contributed by atoms with E-state index in [4.69, 9.17) is 11.5 Å². The molecule has 0 bridgehead atoms. The van der Waals surface area contributed by atoms with Crippen molar-refractivity contribution in [2.24, 2.45) is 4.99 Å². The van der Waals surface area contributed by atoms with Gasteiger partial charge in [0.25, 0.3) is 20.2 Å². The molecule has 13 heteroatoms. The number of aliphatic imine (C=N–C) groups is 1. The van der Waals surface area contributed by atoms with Gasteiger partial charge in [-0.3, -0.25) is 9.11 Å². The summed E-state index contributed by atoms with van der Waals surface area (Å²) in [6, 6.07) is 10.6. The Morgan fingerprint density at radius 1 is 0.738 bits per heavy atom. The van der Waals surface area contributed by atoms with Gasteiger partial charge in [0.05, 0.1) is 11.4 Å². The first-order valence-corrected chi connectivity index (χ1v) is 15.1. The van der Waals surface area contributed by atoms with E-state index < -0.39 is 35.8 Å². The summed E-state index contributed by atoms with van der Waals surface area (Å²) in [6.07, 6.45) is 4.26. The first-order valence-electron chi connectivity index (χ1n) is 12.2. The minimum atomic E-state index is -4.83.